The van der Waals surface area contributed by atoms with Gasteiger partial charge < -0.3 is 19.9 Å². The molecule has 0 saturated carbocycles. The number of rotatable bonds is 8. The highest BCUT2D eigenvalue weighted by Crippen LogP contribution is 2.24. The summed E-state index contributed by atoms with van der Waals surface area (Å²) < 4.78 is 16.0. The molecule has 0 aromatic heterocycles. The van der Waals surface area contributed by atoms with E-state index in [9.17, 15) is 9.59 Å². The third kappa shape index (κ3) is 11.9. The van der Waals surface area contributed by atoms with Crippen LogP contribution in [0.1, 0.15) is 52.7 Å². The Morgan fingerprint density at radius 1 is 1.03 bits per heavy atom. The molecule has 2 rings (SSSR count). The summed E-state index contributed by atoms with van der Waals surface area (Å²) in [6, 6.07) is 13.1. The van der Waals surface area contributed by atoms with E-state index in [1.807, 2.05) is 30.3 Å². The third-order valence-corrected chi connectivity index (χ3v) is 4.59. The van der Waals surface area contributed by atoms with Gasteiger partial charge in [0, 0.05) is 5.02 Å². The summed E-state index contributed by atoms with van der Waals surface area (Å²) in [6.07, 6.45) is 3.12. The van der Waals surface area contributed by atoms with E-state index in [1.54, 1.807) is 52.2 Å². The molecule has 2 unspecified atom stereocenters. The van der Waals surface area contributed by atoms with E-state index in [1.165, 1.54) is 6.08 Å². The van der Waals surface area contributed by atoms with Gasteiger partial charge in [-0.15, -0.1) is 0 Å². The standard InChI is InChI=1S/C24H28ClNO5.C4H10/c1-24(2,3)31-23(28)21(26)19(22(27)30-15-16-8-6-5-7-9-16)12-10-17-14-18(29-4)11-13-20(17)25;1-4(2)3/h5-14,19,21H,15,26H2,1-4H3;4H,1-3H3/b12-10-;. The molecule has 0 bridgehead atoms. The Balaban J connectivity index is 0.00000142. The van der Waals surface area contributed by atoms with Gasteiger partial charge in [0.15, 0.2) is 0 Å². The minimum Gasteiger partial charge on any atom is -0.497 e. The highest BCUT2D eigenvalue weighted by Gasteiger charge is 2.33. The van der Waals surface area contributed by atoms with E-state index in [0.29, 0.717) is 16.3 Å². The summed E-state index contributed by atoms with van der Waals surface area (Å²) in [4.78, 5) is 25.4. The zero-order chi connectivity index (χ0) is 26.6. The van der Waals surface area contributed by atoms with Crippen LogP contribution in [0.4, 0.5) is 0 Å². The van der Waals surface area contributed by atoms with Crippen LogP contribution in [0, 0.1) is 11.8 Å². The summed E-state index contributed by atoms with van der Waals surface area (Å²) in [6.45, 7) is 11.7. The Kier molecular flexibility index (Phi) is 12.5. The molecule has 0 heterocycles. The zero-order valence-corrected chi connectivity index (χ0v) is 22.5. The summed E-state index contributed by atoms with van der Waals surface area (Å²) in [7, 11) is 1.54. The van der Waals surface area contributed by atoms with Gasteiger partial charge in [-0.3, -0.25) is 9.59 Å². The molecule has 35 heavy (non-hydrogen) atoms. The summed E-state index contributed by atoms with van der Waals surface area (Å²) in [5.74, 6) is -0.974. The first-order valence-electron chi connectivity index (χ1n) is 11.5. The van der Waals surface area contributed by atoms with Gasteiger partial charge in [0.25, 0.3) is 0 Å². The number of benzene rings is 2. The lowest BCUT2D eigenvalue weighted by molar-refractivity contribution is -0.162. The fraction of sp³-hybridized carbons (Fsp3) is 0.429. The molecule has 0 radical (unpaired) electrons. The van der Waals surface area contributed by atoms with Crippen molar-refractivity contribution in [2.24, 2.45) is 17.6 Å². The molecule has 2 aromatic rings. The van der Waals surface area contributed by atoms with Crippen LogP contribution in [-0.4, -0.2) is 30.7 Å². The average Bonchev–Trinajstić information content (AvgIpc) is 2.78. The topological polar surface area (TPSA) is 87.9 Å². The van der Waals surface area contributed by atoms with Gasteiger partial charge in [0.05, 0.1) is 7.11 Å². The Hall–Kier alpha value is -2.83. The van der Waals surface area contributed by atoms with Crippen molar-refractivity contribution in [3.05, 3.63) is 70.8 Å². The van der Waals surface area contributed by atoms with Gasteiger partial charge in [-0.05, 0) is 56.0 Å². The number of methoxy groups -OCH3 is 1. The molecule has 0 aliphatic heterocycles. The van der Waals surface area contributed by atoms with E-state index in [0.717, 1.165) is 11.5 Å². The maximum Gasteiger partial charge on any atom is 0.324 e. The van der Waals surface area contributed by atoms with Gasteiger partial charge in [-0.25, -0.2) is 0 Å². The fourth-order valence-electron chi connectivity index (χ4n) is 2.67. The van der Waals surface area contributed by atoms with Gasteiger partial charge >= 0.3 is 11.9 Å². The van der Waals surface area contributed by atoms with Gasteiger partial charge in [-0.2, -0.15) is 0 Å². The number of nitrogens with two attached hydrogens (primary N) is 1. The van der Waals surface area contributed by atoms with E-state index in [-0.39, 0.29) is 6.61 Å². The Morgan fingerprint density at radius 2 is 1.63 bits per heavy atom. The lowest BCUT2D eigenvalue weighted by atomic mass is 9.98. The summed E-state index contributed by atoms with van der Waals surface area (Å²) in [5.41, 5.74) is 6.80. The molecule has 0 fully saturated rings. The molecule has 192 valence electrons. The SMILES string of the molecule is CC(C)C.COc1ccc(Cl)c(/C=C\C(C(=O)OCc2ccccc2)C(N)C(=O)OC(C)(C)C)c1. The molecule has 0 spiro atoms. The van der Waals surface area contributed by atoms with Crippen molar-refractivity contribution in [2.75, 3.05) is 7.11 Å². The number of hydrogen-bond acceptors (Lipinski definition) is 6. The van der Waals surface area contributed by atoms with Crippen molar-refractivity contribution in [1.82, 2.24) is 0 Å². The van der Waals surface area contributed by atoms with Crippen molar-refractivity contribution < 1.29 is 23.8 Å². The van der Waals surface area contributed by atoms with Gasteiger partial charge in [-0.1, -0.05) is 74.9 Å². The lowest BCUT2D eigenvalue weighted by Gasteiger charge is -2.24. The van der Waals surface area contributed by atoms with Crippen LogP contribution in [-0.2, 0) is 25.7 Å². The summed E-state index contributed by atoms with van der Waals surface area (Å²) in [5, 5.41) is 0.458. The molecule has 2 atom stereocenters. The minimum atomic E-state index is -1.25. The first-order valence-corrected chi connectivity index (χ1v) is 11.9. The molecule has 2 N–H and O–H groups in total. The third-order valence-electron chi connectivity index (χ3n) is 4.25. The van der Waals surface area contributed by atoms with Crippen LogP contribution in [0.25, 0.3) is 6.08 Å². The monoisotopic (exact) mass is 503 g/mol. The number of hydrogen-bond donors (Lipinski definition) is 1. The molecule has 7 heteroatoms. The first kappa shape index (κ1) is 30.2. The number of halogens is 1. The van der Waals surface area contributed by atoms with Crippen LogP contribution in [0.2, 0.25) is 5.02 Å². The Bertz CT molecular complexity index is 964. The van der Waals surface area contributed by atoms with E-state index in [2.05, 4.69) is 20.8 Å². The number of carbonyl (C=O) groups excluding carboxylic acids is 2. The largest absolute Gasteiger partial charge is 0.497 e. The second-order valence-corrected chi connectivity index (χ2v) is 10.1. The zero-order valence-electron chi connectivity index (χ0n) is 21.7. The van der Waals surface area contributed by atoms with Crippen LogP contribution in [0.15, 0.2) is 54.6 Å². The van der Waals surface area contributed by atoms with Crippen molar-refractivity contribution in [3.8, 4) is 5.75 Å². The maximum absolute atomic E-state index is 12.8. The molecule has 6 nitrogen and oxygen atoms in total. The van der Waals surface area contributed by atoms with Crippen molar-refractivity contribution in [3.63, 3.8) is 0 Å². The van der Waals surface area contributed by atoms with Crippen LogP contribution >= 0.6 is 11.6 Å². The highest BCUT2D eigenvalue weighted by molar-refractivity contribution is 6.32. The van der Waals surface area contributed by atoms with Gasteiger partial charge in [0.2, 0.25) is 0 Å². The van der Waals surface area contributed by atoms with E-state index < -0.39 is 29.5 Å². The number of carbonyl (C=O) groups is 2. The van der Waals surface area contributed by atoms with Crippen LogP contribution < -0.4 is 10.5 Å². The molecule has 2 aromatic carbocycles. The first-order chi connectivity index (χ1) is 16.3. The Morgan fingerprint density at radius 3 is 2.17 bits per heavy atom. The average molecular weight is 504 g/mol. The molecule has 0 amide bonds. The van der Waals surface area contributed by atoms with Crippen LogP contribution in [0.3, 0.4) is 0 Å². The van der Waals surface area contributed by atoms with Crippen molar-refractivity contribution in [2.45, 2.75) is 59.8 Å². The molecule has 0 aliphatic rings. The second-order valence-electron chi connectivity index (χ2n) is 9.66. The normalized spacial score (nSPS) is 13.0. The van der Waals surface area contributed by atoms with E-state index >= 15 is 0 Å². The van der Waals surface area contributed by atoms with Gasteiger partial charge in [0.1, 0.15) is 29.9 Å². The molecule has 0 aliphatic carbocycles. The molecule has 0 saturated heterocycles. The van der Waals surface area contributed by atoms with Crippen molar-refractivity contribution >= 4 is 29.6 Å². The molecular formula is C28H38ClNO5. The van der Waals surface area contributed by atoms with Crippen LogP contribution in [0.5, 0.6) is 5.75 Å². The summed E-state index contributed by atoms with van der Waals surface area (Å²) >= 11 is 6.24. The Labute approximate surface area is 214 Å². The van der Waals surface area contributed by atoms with E-state index in [4.69, 9.17) is 31.5 Å². The predicted octanol–water partition coefficient (Wildman–Crippen LogP) is 6.05. The minimum absolute atomic E-state index is 0.0605. The maximum atomic E-state index is 12.8. The lowest BCUT2D eigenvalue weighted by Crippen LogP contribution is -2.45. The smallest absolute Gasteiger partial charge is 0.324 e. The number of ether oxygens (including phenoxy) is 3. The highest BCUT2D eigenvalue weighted by atomic mass is 35.5. The quantitative estimate of drug-likeness (QED) is 0.441. The fourth-order valence-corrected chi connectivity index (χ4v) is 2.85. The number of esters is 2. The second kappa shape index (κ2) is 14.5. The predicted molar refractivity (Wildman–Crippen MR) is 141 cm³/mol. The molecular weight excluding hydrogens is 466 g/mol. The van der Waals surface area contributed by atoms with Crippen molar-refractivity contribution in [1.29, 1.82) is 0 Å².